The van der Waals surface area contributed by atoms with Crippen LogP contribution in [0.1, 0.15) is 23.2 Å². The van der Waals surface area contributed by atoms with Crippen molar-refractivity contribution in [2.75, 3.05) is 7.05 Å². The van der Waals surface area contributed by atoms with E-state index >= 15 is 0 Å². The van der Waals surface area contributed by atoms with E-state index in [0.717, 1.165) is 34.5 Å². The van der Waals surface area contributed by atoms with Gasteiger partial charge in [-0.05, 0) is 54.3 Å². The third-order valence-corrected chi connectivity index (χ3v) is 7.49. The summed E-state index contributed by atoms with van der Waals surface area (Å²) in [4.78, 5) is 15.5. The van der Waals surface area contributed by atoms with Gasteiger partial charge in [-0.2, -0.15) is 4.31 Å². The number of benzene rings is 1. The first kappa shape index (κ1) is 19.5. The van der Waals surface area contributed by atoms with Gasteiger partial charge in [-0.3, -0.25) is 4.79 Å². The molecule has 0 spiro atoms. The molecule has 2 heterocycles. The highest BCUT2D eigenvalue weighted by atomic mass is 32.2. The number of fused-ring (bicyclic) bond motifs is 3. The molecule has 0 aliphatic heterocycles. The zero-order valence-electron chi connectivity index (χ0n) is 15.7. The molecule has 4 rings (SSSR count). The molecule has 3 aromatic rings. The van der Waals surface area contributed by atoms with E-state index in [1.165, 1.54) is 23.5 Å². The molecule has 1 aromatic carbocycles. The van der Waals surface area contributed by atoms with Gasteiger partial charge in [0, 0.05) is 31.4 Å². The lowest BCUT2D eigenvalue weighted by Crippen LogP contribution is -2.40. The summed E-state index contributed by atoms with van der Waals surface area (Å²) < 4.78 is 42.3. The monoisotopic (exact) mass is 417 g/mol. The molecule has 0 saturated heterocycles. The molecule has 152 valence electrons. The van der Waals surface area contributed by atoms with E-state index in [1.807, 2.05) is 4.40 Å². The number of carboxylic acid groups (broad SMARTS) is 1. The molecule has 1 aliphatic rings. The molecule has 1 aliphatic carbocycles. The van der Waals surface area contributed by atoms with Crippen molar-refractivity contribution in [2.24, 2.45) is 0 Å². The average molecular weight is 417 g/mol. The van der Waals surface area contributed by atoms with Crippen LogP contribution in [0.15, 0.2) is 47.8 Å². The number of nitrogens with zero attached hydrogens (tertiary/aromatic N) is 3. The fraction of sp³-hybridized carbons (Fsp3) is 0.300. The second-order valence-corrected chi connectivity index (χ2v) is 9.18. The average Bonchev–Trinajstić information content (AvgIpc) is 3.00. The number of rotatable bonds is 5. The highest BCUT2D eigenvalue weighted by molar-refractivity contribution is 7.89. The van der Waals surface area contributed by atoms with E-state index in [4.69, 9.17) is 0 Å². The molecule has 0 fully saturated rings. The van der Waals surface area contributed by atoms with E-state index < -0.39 is 21.8 Å². The Morgan fingerprint density at radius 1 is 1.31 bits per heavy atom. The van der Waals surface area contributed by atoms with E-state index in [2.05, 4.69) is 4.98 Å². The highest BCUT2D eigenvalue weighted by Crippen LogP contribution is 2.33. The minimum Gasteiger partial charge on any atom is -0.481 e. The van der Waals surface area contributed by atoms with Crippen LogP contribution in [-0.2, 0) is 34.1 Å². The number of halogens is 1. The summed E-state index contributed by atoms with van der Waals surface area (Å²) in [7, 11) is -2.25. The van der Waals surface area contributed by atoms with Crippen molar-refractivity contribution in [2.45, 2.75) is 36.6 Å². The number of hydrogen-bond acceptors (Lipinski definition) is 4. The first-order chi connectivity index (χ1) is 13.8. The lowest BCUT2D eigenvalue weighted by atomic mass is 9.90. The van der Waals surface area contributed by atoms with Crippen LogP contribution < -0.4 is 0 Å². The minimum atomic E-state index is -3.78. The zero-order valence-corrected chi connectivity index (χ0v) is 16.6. The van der Waals surface area contributed by atoms with Gasteiger partial charge in [0.25, 0.3) is 0 Å². The van der Waals surface area contributed by atoms with Gasteiger partial charge in [-0.1, -0.05) is 0 Å². The maximum Gasteiger partial charge on any atom is 0.307 e. The third-order valence-electron chi connectivity index (χ3n) is 5.56. The largest absolute Gasteiger partial charge is 0.481 e. The number of aliphatic carboxylic acids is 1. The van der Waals surface area contributed by atoms with Gasteiger partial charge < -0.3 is 9.51 Å². The fourth-order valence-electron chi connectivity index (χ4n) is 4.08. The van der Waals surface area contributed by atoms with E-state index in [1.54, 1.807) is 18.6 Å². The molecule has 2 aromatic heterocycles. The molecule has 7 nitrogen and oxygen atoms in total. The Hall–Kier alpha value is -2.78. The Kier molecular flexibility index (Phi) is 4.87. The summed E-state index contributed by atoms with van der Waals surface area (Å²) in [6.07, 6.45) is 4.76. The quantitative estimate of drug-likeness (QED) is 0.688. The van der Waals surface area contributed by atoms with Gasteiger partial charge >= 0.3 is 5.97 Å². The molecule has 1 N–H and O–H groups in total. The Morgan fingerprint density at radius 2 is 2.03 bits per heavy atom. The molecule has 9 heteroatoms. The van der Waals surface area contributed by atoms with Crippen LogP contribution in [0.25, 0.3) is 5.52 Å². The molecule has 0 saturated carbocycles. The van der Waals surface area contributed by atoms with E-state index in [9.17, 15) is 22.7 Å². The number of likely N-dealkylation sites (N-methyl/N-ethyl adjacent to an activating group) is 1. The van der Waals surface area contributed by atoms with Gasteiger partial charge in [0.1, 0.15) is 5.82 Å². The van der Waals surface area contributed by atoms with Gasteiger partial charge in [0.2, 0.25) is 10.0 Å². The van der Waals surface area contributed by atoms with Gasteiger partial charge in [-0.15, -0.1) is 0 Å². The van der Waals surface area contributed by atoms with Gasteiger partial charge in [0.05, 0.1) is 23.2 Å². The summed E-state index contributed by atoms with van der Waals surface area (Å²) in [6, 6.07) is 6.26. The van der Waals surface area contributed by atoms with Crippen molar-refractivity contribution in [1.82, 2.24) is 13.7 Å². The molecule has 1 atom stereocenters. The predicted octanol–water partition coefficient (Wildman–Crippen LogP) is 2.28. The summed E-state index contributed by atoms with van der Waals surface area (Å²) >= 11 is 0. The Bertz CT molecular complexity index is 1190. The standard InChI is InChI=1S/C20H20FN3O4S/c1-23(29(27,28)15-5-2-13(21)3-6-15)14-4-7-16-17(11-20(25)26)18-8-9-22-12-24(18)19(16)10-14/h2-3,5-6,8-9,12,14H,4,7,10-11H2,1H3,(H,25,26). The zero-order chi connectivity index (χ0) is 20.8. The summed E-state index contributed by atoms with van der Waals surface area (Å²) in [5, 5.41) is 9.30. The van der Waals surface area contributed by atoms with Crippen LogP contribution in [0.4, 0.5) is 4.39 Å². The maximum absolute atomic E-state index is 13.2. The fourth-order valence-corrected chi connectivity index (χ4v) is 5.46. The van der Waals surface area contributed by atoms with E-state index in [0.29, 0.717) is 19.3 Å². The van der Waals surface area contributed by atoms with Gasteiger partial charge in [-0.25, -0.2) is 17.8 Å². The minimum absolute atomic E-state index is 0.0421. The number of hydrogen-bond donors (Lipinski definition) is 1. The molecule has 29 heavy (non-hydrogen) atoms. The van der Waals surface area contributed by atoms with Crippen LogP contribution >= 0.6 is 0 Å². The number of carbonyl (C=O) groups is 1. The van der Waals surface area contributed by atoms with Crippen LogP contribution in [-0.4, -0.2) is 46.3 Å². The molecule has 0 amide bonds. The van der Waals surface area contributed by atoms with Crippen molar-refractivity contribution in [3.63, 3.8) is 0 Å². The summed E-state index contributed by atoms with van der Waals surface area (Å²) in [5.74, 6) is -1.40. The van der Waals surface area contributed by atoms with Crippen molar-refractivity contribution in [3.05, 3.63) is 65.5 Å². The Morgan fingerprint density at radius 3 is 2.72 bits per heavy atom. The van der Waals surface area contributed by atoms with Crippen molar-refractivity contribution in [3.8, 4) is 0 Å². The molecule has 1 unspecified atom stereocenters. The normalized spacial score (nSPS) is 16.9. The van der Waals surface area contributed by atoms with Gasteiger partial charge in [0.15, 0.2) is 0 Å². The SMILES string of the molecule is CN(C1CCc2c(CC(=O)O)c3ccncn3c2C1)S(=O)(=O)c1ccc(F)cc1. The molecular formula is C20H20FN3O4S. The van der Waals surface area contributed by atoms with Crippen molar-refractivity contribution < 1.29 is 22.7 Å². The Labute approximate surface area is 167 Å². The summed E-state index contributed by atoms with van der Waals surface area (Å²) in [6.45, 7) is 0. The molecule has 0 bridgehead atoms. The van der Waals surface area contributed by atoms with Crippen molar-refractivity contribution in [1.29, 1.82) is 0 Å². The first-order valence-electron chi connectivity index (χ1n) is 9.19. The van der Waals surface area contributed by atoms with Crippen molar-refractivity contribution >= 4 is 21.5 Å². The molecule has 0 radical (unpaired) electrons. The topological polar surface area (TPSA) is 92.0 Å². The number of aromatic nitrogens is 2. The van der Waals surface area contributed by atoms with Crippen LogP contribution in [0.5, 0.6) is 0 Å². The second-order valence-electron chi connectivity index (χ2n) is 7.18. The number of sulfonamides is 1. The Balaban J connectivity index is 1.70. The van der Waals surface area contributed by atoms with Crippen LogP contribution in [0, 0.1) is 5.82 Å². The maximum atomic E-state index is 13.2. The van der Waals surface area contributed by atoms with E-state index in [-0.39, 0.29) is 17.4 Å². The number of carboxylic acids is 1. The van der Waals surface area contributed by atoms with Crippen LogP contribution in [0.3, 0.4) is 0 Å². The lowest BCUT2D eigenvalue weighted by Gasteiger charge is -2.31. The first-order valence-corrected chi connectivity index (χ1v) is 10.6. The lowest BCUT2D eigenvalue weighted by molar-refractivity contribution is -0.136. The third kappa shape index (κ3) is 3.40. The second kappa shape index (κ2) is 7.23. The summed E-state index contributed by atoms with van der Waals surface area (Å²) in [5.41, 5.74) is 3.40. The van der Waals surface area contributed by atoms with Crippen LogP contribution in [0.2, 0.25) is 0 Å². The molecular weight excluding hydrogens is 397 g/mol. The highest BCUT2D eigenvalue weighted by Gasteiger charge is 2.33. The smallest absolute Gasteiger partial charge is 0.307 e. The predicted molar refractivity (Wildman–Crippen MR) is 104 cm³/mol.